The van der Waals surface area contributed by atoms with E-state index in [1.54, 1.807) is 24.3 Å². The summed E-state index contributed by atoms with van der Waals surface area (Å²) in [6.07, 6.45) is 0. The Labute approximate surface area is 115 Å². The predicted octanol–water partition coefficient (Wildman–Crippen LogP) is 3.88. The summed E-state index contributed by atoms with van der Waals surface area (Å²) < 4.78 is 22.7. The molecular weight excluding hydrogens is 281 g/mol. The van der Waals surface area contributed by atoms with Crippen LogP contribution in [0.4, 0.5) is 5.69 Å². The number of non-ortho nitro benzene ring substituents is 1. The van der Waals surface area contributed by atoms with Crippen molar-refractivity contribution in [3.05, 3.63) is 64.7 Å². The van der Waals surface area contributed by atoms with E-state index >= 15 is 0 Å². The molecule has 0 unspecified atom stereocenters. The van der Waals surface area contributed by atoms with Crippen LogP contribution in [0.2, 0.25) is 0 Å². The number of nitro groups is 1. The summed E-state index contributed by atoms with van der Waals surface area (Å²) in [6.45, 7) is 1.33. The van der Waals surface area contributed by atoms with Gasteiger partial charge in [-0.15, -0.1) is 0 Å². The molecule has 0 fully saturated rings. The molecule has 0 aliphatic carbocycles. The zero-order valence-corrected chi connectivity index (χ0v) is 11.5. The van der Waals surface area contributed by atoms with Crippen LogP contribution in [-0.2, 0) is 4.57 Å². The highest BCUT2D eigenvalue weighted by Gasteiger charge is 2.20. The van der Waals surface area contributed by atoms with Gasteiger partial charge < -0.3 is 9.05 Å². The first-order valence-electron chi connectivity index (χ1n) is 5.72. The van der Waals surface area contributed by atoms with Gasteiger partial charge in [0.15, 0.2) is 0 Å². The molecule has 2 rings (SSSR count). The van der Waals surface area contributed by atoms with E-state index in [9.17, 15) is 14.7 Å². The van der Waals surface area contributed by atoms with E-state index in [-0.39, 0.29) is 11.4 Å². The van der Waals surface area contributed by atoms with Crippen molar-refractivity contribution in [2.24, 2.45) is 0 Å². The van der Waals surface area contributed by atoms with Gasteiger partial charge in [0, 0.05) is 12.1 Å². The van der Waals surface area contributed by atoms with E-state index < -0.39 is 12.5 Å². The van der Waals surface area contributed by atoms with Gasteiger partial charge in [-0.1, -0.05) is 18.2 Å². The van der Waals surface area contributed by atoms with E-state index in [4.69, 9.17) is 9.05 Å². The lowest BCUT2D eigenvalue weighted by atomic mass is 10.3. The minimum Gasteiger partial charge on any atom is -0.416 e. The van der Waals surface area contributed by atoms with Crippen LogP contribution in [0.15, 0.2) is 54.6 Å². The van der Waals surface area contributed by atoms with Crippen molar-refractivity contribution < 1.29 is 18.5 Å². The van der Waals surface area contributed by atoms with Crippen molar-refractivity contribution in [3.8, 4) is 11.5 Å². The minimum atomic E-state index is -3.35. The van der Waals surface area contributed by atoms with Gasteiger partial charge in [-0.2, -0.15) is 0 Å². The third-order valence-corrected chi connectivity index (χ3v) is 3.42. The van der Waals surface area contributed by atoms with Crippen molar-refractivity contribution >= 4 is 13.3 Å². The van der Waals surface area contributed by atoms with Gasteiger partial charge in [-0.25, -0.2) is 4.57 Å². The van der Waals surface area contributed by atoms with Crippen molar-refractivity contribution in [2.75, 3.05) is 6.66 Å². The molecule has 0 amide bonds. The fourth-order valence-electron chi connectivity index (χ4n) is 1.51. The first-order chi connectivity index (χ1) is 9.46. The van der Waals surface area contributed by atoms with Crippen LogP contribution in [0.3, 0.4) is 0 Å². The molecule has 0 spiro atoms. The lowest BCUT2D eigenvalue weighted by Gasteiger charge is -2.15. The van der Waals surface area contributed by atoms with E-state index in [1.165, 1.54) is 30.9 Å². The quantitative estimate of drug-likeness (QED) is 0.475. The van der Waals surface area contributed by atoms with Gasteiger partial charge in [0.2, 0.25) is 0 Å². The van der Waals surface area contributed by atoms with Crippen LogP contribution in [0, 0.1) is 10.1 Å². The normalized spacial score (nSPS) is 13.2. The number of rotatable bonds is 5. The second-order valence-corrected chi connectivity index (χ2v) is 5.93. The average Bonchev–Trinajstić information content (AvgIpc) is 2.39. The van der Waals surface area contributed by atoms with E-state index in [0.29, 0.717) is 5.75 Å². The molecule has 0 saturated carbocycles. The van der Waals surface area contributed by atoms with Gasteiger partial charge >= 0.3 is 7.60 Å². The number of benzene rings is 2. The Bertz CT molecular complexity index is 642. The Kier molecular flexibility index (Phi) is 4.05. The number of hydrogen-bond acceptors (Lipinski definition) is 5. The van der Waals surface area contributed by atoms with Crippen LogP contribution in [0.25, 0.3) is 0 Å². The zero-order valence-electron chi connectivity index (χ0n) is 10.6. The molecule has 0 radical (unpaired) electrons. The maximum absolute atomic E-state index is 12.2. The van der Waals surface area contributed by atoms with Gasteiger partial charge in [0.25, 0.3) is 5.69 Å². The first-order valence-corrected chi connectivity index (χ1v) is 7.71. The Balaban J connectivity index is 2.08. The summed E-state index contributed by atoms with van der Waals surface area (Å²) in [7, 11) is -3.35. The molecule has 1 atom stereocenters. The van der Waals surface area contributed by atoms with Gasteiger partial charge in [0.05, 0.1) is 11.6 Å². The smallest absolute Gasteiger partial charge is 0.416 e. The summed E-state index contributed by atoms with van der Waals surface area (Å²) >= 11 is 0. The molecule has 0 saturated heterocycles. The van der Waals surface area contributed by atoms with E-state index in [2.05, 4.69) is 0 Å². The molecule has 0 heterocycles. The molecule has 2 aromatic carbocycles. The Morgan fingerprint density at radius 2 is 1.45 bits per heavy atom. The molecule has 2 aromatic rings. The van der Waals surface area contributed by atoms with E-state index in [0.717, 1.165) is 0 Å². The third kappa shape index (κ3) is 3.83. The number of nitrogens with zero attached hydrogens (tertiary/aromatic N) is 1. The summed E-state index contributed by atoms with van der Waals surface area (Å²) in [6, 6.07) is 13.9. The van der Waals surface area contributed by atoms with Crippen LogP contribution in [-0.4, -0.2) is 11.6 Å². The van der Waals surface area contributed by atoms with Crippen molar-refractivity contribution in [2.45, 2.75) is 0 Å². The van der Waals surface area contributed by atoms with Gasteiger partial charge in [-0.3, -0.25) is 10.1 Å². The molecule has 0 aromatic heterocycles. The average molecular weight is 293 g/mol. The molecular formula is C13H12NO5P. The molecule has 0 N–H and O–H groups in total. The Morgan fingerprint density at radius 3 is 1.95 bits per heavy atom. The molecule has 0 aliphatic heterocycles. The number of hydrogen-bond donors (Lipinski definition) is 0. The second-order valence-electron chi connectivity index (χ2n) is 4.02. The van der Waals surface area contributed by atoms with Crippen LogP contribution in [0.1, 0.15) is 0 Å². The molecule has 0 aliphatic rings. The van der Waals surface area contributed by atoms with Crippen LogP contribution < -0.4 is 9.05 Å². The van der Waals surface area contributed by atoms with Crippen LogP contribution >= 0.6 is 7.60 Å². The molecule has 104 valence electrons. The predicted molar refractivity (Wildman–Crippen MR) is 74.3 cm³/mol. The monoisotopic (exact) mass is 293 g/mol. The number of nitro benzene ring substituents is 1. The lowest BCUT2D eigenvalue weighted by Crippen LogP contribution is -1.99. The lowest BCUT2D eigenvalue weighted by molar-refractivity contribution is -0.384. The largest absolute Gasteiger partial charge is 0.427 e. The first kappa shape index (κ1) is 14.1. The Hall–Kier alpha value is -2.33. The topological polar surface area (TPSA) is 78.7 Å². The minimum absolute atomic E-state index is 0.0627. The maximum Gasteiger partial charge on any atom is 0.427 e. The summed E-state index contributed by atoms with van der Waals surface area (Å²) in [5.74, 6) is 0.678. The van der Waals surface area contributed by atoms with Gasteiger partial charge in [-0.05, 0) is 24.3 Å². The fraction of sp³-hybridized carbons (Fsp3) is 0.0769. The molecule has 6 nitrogen and oxygen atoms in total. The number of para-hydroxylation sites is 1. The SMILES string of the molecule is C[P@@](=O)(Oc1ccccc1)Oc1ccc([N+](=O)[O-])cc1. The maximum atomic E-state index is 12.2. The highest BCUT2D eigenvalue weighted by molar-refractivity contribution is 7.53. The second kappa shape index (κ2) is 5.75. The summed E-state index contributed by atoms with van der Waals surface area (Å²) in [5.41, 5.74) is -0.0627. The highest BCUT2D eigenvalue weighted by Crippen LogP contribution is 2.44. The zero-order chi connectivity index (χ0) is 14.6. The van der Waals surface area contributed by atoms with E-state index in [1.807, 2.05) is 6.07 Å². The standard InChI is InChI=1S/C13H12NO5P/c1-20(17,18-12-5-3-2-4-6-12)19-13-9-7-11(8-10-13)14(15)16/h2-10H,1H3/t20-/m1/s1. The molecule has 0 bridgehead atoms. The highest BCUT2D eigenvalue weighted by atomic mass is 31.2. The molecule has 7 heteroatoms. The summed E-state index contributed by atoms with van der Waals surface area (Å²) in [5, 5.41) is 10.5. The third-order valence-electron chi connectivity index (χ3n) is 2.33. The van der Waals surface area contributed by atoms with Crippen molar-refractivity contribution in [1.29, 1.82) is 0 Å². The Morgan fingerprint density at radius 1 is 0.950 bits per heavy atom. The molecule has 20 heavy (non-hydrogen) atoms. The fourth-order valence-corrected chi connectivity index (χ4v) is 2.56. The van der Waals surface area contributed by atoms with Gasteiger partial charge in [0.1, 0.15) is 11.5 Å². The van der Waals surface area contributed by atoms with Crippen LogP contribution in [0.5, 0.6) is 11.5 Å². The van der Waals surface area contributed by atoms with Crippen molar-refractivity contribution in [1.82, 2.24) is 0 Å². The van der Waals surface area contributed by atoms with Crippen molar-refractivity contribution in [3.63, 3.8) is 0 Å². The summed E-state index contributed by atoms with van der Waals surface area (Å²) in [4.78, 5) is 10.0.